The lowest BCUT2D eigenvalue weighted by molar-refractivity contribution is 0.444. The van der Waals surface area contributed by atoms with Crippen LogP contribution in [0.3, 0.4) is 0 Å². The molecule has 1 aliphatic rings. The van der Waals surface area contributed by atoms with E-state index in [-0.39, 0.29) is 17.3 Å². The van der Waals surface area contributed by atoms with E-state index in [0.717, 1.165) is 6.07 Å². The van der Waals surface area contributed by atoms with E-state index in [9.17, 15) is 18.0 Å². The minimum atomic E-state index is -1.22. The number of pyridine rings is 1. The van der Waals surface area contributed by atoms with Crippen molar-refractivity contribution in [2.24, 2.45) is 0 Å². The predicted octanol–water partition coefficient (Wildman–Crippen LogP) is 3.22. The summed E-state index contributed by atoms with van der Waals surface area (Å²) in [6.45, 7) is 0. The number of benzene rings is 1. The second-order valence-corrected chi connectivity index (χ2v) is 4.67. The fourth-order valence-electron chi connectivity index (χ4n) is 2.05. The average molecular weight is 274 g/mol. The van der Waals surface area contributed by atoms with Gasteiger partial charge in [-0.3, -0.25) is 4.79 Å². The van der Waals surface area contributed by atoms with Crippen LogP contribution in [0.1, 0.15) is 12.5 Å². The van der Waals surface area contributed by atoms with E-state index >= 15 is 0 Å². The van der Waals surface area contributed by atoms with Gasteiger partial charge in [-0.15, -0.1) is 0 Å². The molecule has 1 aromatic heterocycles. The minimum absolute atomic E-state index is 0.0412. The molecule has 0 saturated heterocycles. The normalized spacial score (nSPS) is 22.4. The van der Waals surface area contributed by atoms with Gasteiger partial charge in [-0.1, -0.05) is 11.6 Å². The van der Waals surface area contributed by atoms with Crippen molar-refractivity contribution in [1.82, 2.24) is 4.57 Å². The first-order chi connectivity index (χ1) is 8.50. The molecule has 0 amide bonds. The van der Waals surface area contributed by atoms with Gasteiger partial charge in [0.2, 0.25) is 0 Å². The highest BCUT2D eigenvalue weighted by Gasteiger charge is 2.40. The molecule has 1 aromatic carbocycles. The van der Waals surface area contributed by atoms with Crippen LogP contribution in [-0.2, 0) is 0 Å². The Morgan fingerprint density at radius 3 is 2.67 bits per heavy atom. The van der Waals surface area contributed by atoms with Crippen molar-refractivity contribution in [2.45, 2.75) is 18.6 Å². The highest BCUT2D eigenvalue weighted by molar-refractivity contribution is 6.35. The zero-order chi connectivity index (χ0) is 13.0. The maximum Gasteiger partial charge on any atom is 0.189 e. The minimum Gasteiger partial charge on any atom is -0.340 e. The van der Waals surface area contributed by atoms with Crippen molar-refractivity contribution in [2.75, 3.05) is 0 Å². The number of alkyl halides is 1. The lowest BCUT2D eigenvalue weighted by Gasteiger charge is -2.11. The number of rotatable bonds is 1. The molecular weight excluding hydrogens is 267 g/mol. The molecular formula is C12H7ClF3NO. The van der Waals surface area contributed by atoms with E-state index in [1.807, 2.05) is 0 Å². The number of aromatic nitrogens is 1. The van der Waals surface area contributed by atoms with Gasteiger partial charge in [0.1, 0.15) is 11.2 Å². The second kappa shape index (κ2) is 3.75. The van der Waals surface area contributed by atoms with Crippen LogP contribution in [-0.4, -0.2) is 10.7 Å². The Labute approximate surface area is 105 Å². The zero-order valence-electron chi connectivity index (χ0n) is 8.96. The number of hydrogen-bond donors (Lipinski definition) is 0. The molecule has 18 heavy (non-hydrogen) atoms. The molecule has 0 radical (unpaired) electrons. The summed E-state index contributed by atoms with van der Waals surface area (Å²) in [5.74, 6) is -2.41. The Kier molecular flexibility index (Phi) is 2.41. The molecule has 0 spiro atoms. The van der Waals surface area contributed by atoms with E-state index in [1.165, 1.54) is 16.8 Å². The van der Waals surface area contributed by atoms with E-state index in [4.69, 9.17) is 11.6 Å². The van der Waals surface area contributed by atoms with Crippen LogP contribution in [0.25, 0.3) is 10.9 Å². The monoisotopic (exact) mass is 273 g/mol. The fraction of sp³-hybridized carbons (Fsp3) is 0.250. The van der Waals surface area contributed by atoms with Crippen molar-refractivity contribution in [3.63, 3.8) is 0 Å². The fourth-order valence-corrected chi connectivity index (χ4v) is 2.34. The summed E-state index contributed by atoms with van der Waals surface area (Å²) in [7, 11) is 0. The smallest absolute Gasteiger partial charge is 0.189 e. The van der Waals surface area contributed by atoms with Gasteiger partial charge in [0.15, 0.2) is 17.1 Å². The van der Waals surface area contributed by atoms with Gasteiger partial charge in [0.05, 0.1) is 16.9 Å². The largest absolute Gasteiger partial charge is 0.340 e. The third-order valence-electron chi connectivity index (χ3n) is 3.08. The summed E-state index contributed by atoms with van der Waals surface area (Å²) in [5.41, 5.74) is -0.425. The van der Waals surface area contributed by atoms with Crippen LogP contribution in [0.4, 0.5) is 13.2 Å². The summed E-state index contributed by atoms with van der Waals surface area (Å²) in [6, 6.07) is 1.53. The van der Waals surface area contributed by atoms with Crippen molar-refractivity contribution in [3.8, 4) is 0 Å². The first-order valence-electron chi connectivity index (χ1n) is 5.33. The van der Waals surface area contributed by atoms with Crippen LogP contribution in [0.5, 0.6) is 0 Å². The van der Waals surface area contributed by atoms with Gasteiger partial charge in [0.25, 0.3) is 0 Å². The molecule has 0 bridgehead atoms. The Morgan fingerprint density at radius 1 is 1.39 bits per heavy atom. The van der Waals surface area contributed by atoms with Gasteiger partial charge in [0, 0.05) is 18.7 Å². The van der Waals surface area contributed by atoms with Crippen LogP contribution < -0.4 is 5.43 Å². The van der Waals surface area contributed by atoms with E-state index in [2.05, 4.69) is 0 Å². The number of halogens is 4. The molecule has 1 saturated carbocycles. The lowest BCUT2D eigenvalue weighted by Crippen LogP contribution is -2.10. The van der Waals surface area contributed by atoms with Gasteiger partial charge >= 0.3 is 0 Å². The zero-order valence-corrected chi connectivity index (χ0v) is 9.72. The molecule has 3 rings (SSSR count). The Balaban J connectivity index is 2.43. The maximum absolute atomic E-state index is 13.4. The molecule has 2 atom stereocenters. The van der Waals surface area contributed by atoms with Crippen LogP contribution in [0.15, 0.2) is 23.1 Å². The third kappa shape index (κ3) is 1.54. The Bertz CT molecular complexity index is 713. The molecule has 2 aromatic rings. The molecule has 1 fully saturated rings. The number of hydrogen-bond acceptors (Lipinski definition) is 1. The number of nitrogens with zero attached hydrogens (tertiary/aromatic N) is 1. The first-order valence-corrected chi connectivity index (χ1v) is 5.71. The summed E-state index contributed by atoms with van der Waals surface area (Å²) < 4.78 is 41.2. The van der Waals surface area contributed by atoms with Crippen molar-refractivity contribution >= 4 is 22.5 Å². The van der Waals surface area contributed by atoms with Gasteiger partial charge in [-0.2, -0.15) is 0 Å². The summed E-state index contributed by atoms with van der Waals surface area (Å²) in [6.07, 6.45) is 0.603. The third-order valence-corrected chi connectivity index (χ3v) is 3.43. The van der Waals surface area contributed by atoms with Crippen molar-refractivity contribution in [3.05, 3.63) is 45.2 Å². The summed E-state index contributed by atoms with van der Waals surface area (Å²) in [4.78, 5) is 11.6. The standard InChI is InChI=1S/C12H7ClF3NO/c13-10-11(16)7(15)3-5-9(18)1-2-17(12(5)10)8-4-6(8)14/h1-3,6,8H,4H2/t6-,8+/m0/s1. The van der Waals surface area contributed by atoms with Gasteiger partial charge in [-0.25, -0.2) is 13.2 Å². The average Bonchev–Trinajstić information content (AvgIpc) is 3.05. The molecule has 1 aliphatic carbocycles. The maximum atomic E-state index is 13.4. The van der Waals surface area contributed by atoms with Crippen LogP contribution in [0.2, 0.25) is 5.02 Å². The Morgan fingerprint density at radius 2 is 2.06 bits per heavy atom. The summed E-state index contributed by atoms with van der Waals surface area (Å²) >= 11 is 5.73. The molecule has 94 valence electrons. The first kappa shape index (κ1) is 11.6. The molecule has 0 aliphatic heterocycles. The summed E-state index contributed by atoms with van der Waals surface area (Å²) in [5, 5.41) is -0.526. The van der Waals surface area contributed by atoms with E-state index in [1.54, 1.807) is 0 Å². The van der Waals surface area contributed by atoms with E-state index < -0.39 is 34.3 Å². The Hall–Kier alpha value is -1.49. The molecule has 2 nitrogen and oxygen atoms in total. The highest BCUT2D eigenvalue weighted by Crippen LogP contribution is 2.41. The van der Waals surface area contributed by atoms with Gasteiger partial charge in [-0.05, 0) is 6.07 Å². The molecule has 0 unspecified atom stereocenters. The van der Waals surface area contributed by atoms with Crippen molar-refractivity contribution < 1.29 is 13.2 Å². The van der Waals surface area contributed by atoms with E-state index in [0.29, 0.717) is 0 Å². The van der Waals surface area contributed by atoms with Crippen LogP contribution >= 0.6 is 11.6 Å². The van der Waals surface area contributed by atoms with Gasteiger partial charge < -0.3 is 4.57 Å². The highest BCUT2D eigenvalue weighted by atomic mass is 35.5. The van der Waals surface area contributed by atoms with Crippen LogP contribution in [0, 0.1) is 11.6 Å². The van der Waals surface area contributed by atoms with Crippen molar-refractivity contribution in [1.29, 1.82) is 0 Å². The topological polar surface area (TPSA) is 22.0 Å². The second-order valence-electron chi connectivity index (χ2n) is 4.29. The molecule has 6 heteroatoms. The molecule has 0 N–H and O–H groups in total. The predicted molar refractivity (Wildman–Crippen MR) is 61.7 cm³/mol. The number of fused-ring (bicyclic) bond motifs is 1. The lowest BCUT2D eigenvalue weighted by atomic mass is 10.2. The molecule has 1 heterocycles. The SMILES string of the molecule is O=c1ccn([C@@H]2C[C@@H]2F)c2c(Cl)c(F)c(F)cc12. The quantitative estimate of drug-likeness (QED) is 0.731.